The number of aryl methyl sites for hydroxylation is 1. The van der Waals surface area contributed by atoms with Crippen molar-refractivity contribution in [1.82, 2.24) is 15.0 Å². The predicted octanol–water partition coefficient (Wildman–Crippen LogP) is 4.79. The standard InChI is InChI=1S/C20H18F4N4/c1-11-26-16-5-4-14(21)7-15(16)18(27-11)28-9-12-6-13(20(22,23)24)8-25-17(12)19(2,3)10-28/h4-8H,9-10H2,1-3H3. The van der Waals surface area contributed by atoms with Crippen LogP contribution >= 0.6 is 0 Å². The van der Waals surface area contributed by atoms with Crippen LogP contribution in [0.3, 0.4) is 0 Å². The van der Waals surface area contributed by atoms with Gasteiger partial charge in [-0.15, -0.1) is 0 Å². The van der Waals surface area contributed by atoms with E-state index in [-0.39, 0.29) is 6.54 Å². The lowest BCUT2D eigenvalue weighted by Crippen LogP contribution is -2.43. The largest absolute Gasteiger partial charge is 0.417 e. The van der Waals surface area contributed by atoms with Crippen LogP contribution in [0.5, 0.6) is 0 Å². The third-order valence-electron chi connectivity index (χ3n) is 4.93. The van der Waals surface area contributed by atoms with Crippen molar-refractivity contribution in [3.8, 4) is 0 Å². The van der Waals surface area contributed by atoms with E-state index in [0.717, 1.165) is 12.3 Å². The Hall–Kier alpha value is -2.77. The summed E-state index contributed by atoms with van der Waals surface area (Å²) in [6, 6.07) is 5.41. The number of benzene rings is 1. The number of rotatable bonds is 1. The van der Waals surface area contributed by atoms with Gasteiger partial charge in [-0.25, -0.2) is 14.4 Å². The Morgan fingerprint density at radius 1 is 1.11 bits per heavy atom. The maximum Gasteiger partial charge on any atom is 0.417 e. The molecule has 4 rings (SSSR count). The second-order valence-corrected chi connectivity index (χ2v) is 7.73. The summed E-state index contributed by atoms with van der Waals surface area (Å²) in [5, 5.41) is 0.532. The lowest BCUT2D eigenvalue weighted by atomic mass is 9.81. The first-order chi connectivity index (χ1) is 13.0. The van der Waals surface area contributed by atoms with Gasteiger partial charge in [-0.1, -0.05) is 13.8 Å². The summed E-state index contributed by atoms with van der Waals surface area (Å²) in [7, 11) is 0. The number of fused-ring (bicyclic) bond motifs is 2. The van der Waals surface area contributed by atoms with E-state index in [1.54, 1.807) is 13.0 Å². The van der Waals surface area contributed by atoms with Crippen molar-refractivity contribution in [3.05, 3.63) is 58.9 Å². The van der Waals surface area contributed by atoms with Crippen molar-refractivity contribution in [2.24, 2.45) is 0 Å². The molecule has 2 aromatic heterocycles. The van der Waals surface area contributed by atoms with Crippen LogP contribution in [-0.2, 0) is 18.1 Å². The van der Waals surface area contributed by atoms with Gasteiger partial charge in [0.15, 0.2) is 0 Å². The van der Waals surface area contributed by atoms with E-state index in [2.05, 4.69) is 15.0 Å². The lowest BCUT2D eigenvalue weighted by Gasteiger charge is -2.40. The number of hydrogen-bond acceptors (Lipinski definition) is 4. The van der Waals surface area contributed by atoms with Crippen LogP contribution in [0.1, 0.15) is 36.5 Å². The first-order valence-corrected chi connectivity index (χ1v) is 8.80. The Balaban J connectivity index is 1.86. The van der Waals surface area contributed by atoms with E-state index in [4.69, 9.17) is 0 Å². The van der Waals surface area contributed by atoms with Crippen molar-refractivity contribution in [1.29, 1.82) is 0 Å². The molecule has 0 aliphatic carbocycles. The van der Waals surface area contributed by atoms with Gasteiger partial charge < -0.3 is 4.90 Å². The van der Waals surface area contributed by atoms with E-state index in [1.807, 2.05) is 18.7 Å². The molecule has 0 amide bonds. The zero-order chi connectivity index (χ0) is 20.3. The fraction of sp³-hybridized carbons (Fsp3) is 0.350. The van der Waals surface area contributed by atoms with Crippen LogP contribution < -0.4 is 4.90 Å². The Bertz CT molecular complexity index is 1080. The van der Waals surface area contributed by atoms with E-state index >= 15 is 0 Å². The second-order valence-electron chi connectivity index (χ2n) is 7.73. The summed E-state index contributed by atoms with van der Waals surface area (Å²) < 4.78 is 53.3. The molecule has 0 unspecified atom stereocenters. The lowest BCUT2D eigenvalue weighted by molar-refractivity contribution is -0.137. The second kappa shape index (κ2) is 6.12. The van der Waals surface area contributed by atoms with Gasteiger partial charge in [-0.2, -0.15) is 13.2 Å². The smallest absolute Gasteiger partial charge is 0.351 e. The van der Waals surface area contributed by atoms with Crippen molar-refractivity contribution >= 4 is 16.7 Å². The van der Waals surface area contributed by atoms with Gasteiger partial charge in [0.25, 0.3) is 0 Å². The molecule has 1 aliphatic heterocycles. The highest BCUT2D eigenvalue weighted by molar-refractivity contribution is 5.89. The summed E-state index contributed by atoms with van der Waals surface area (Å²) >= 11 is 0. The van der Waals surface area contributed by atoms with Gasteiger partial charge in [0.2, 0.25) is 0 Å². The van der Waals surface area contributed by atoms with Crippen LogP contribution in [0.4, 0.5) is 23.4 Å². The Morgan fingerprint density at radius 2 is 1.86 bits per heavy atom. The molecule has 0 saturated heterocycles. The molecule has 0 saturated carbocycles. The van der Waals surface area contributed by atoms with Gasteiger partial charge in [0.05, 0.1) is 16.8 Å². The topological polar surface area (TPSA) is 41.9 Å². The minimum absolute atomic E-state index is 0.206. The highest BCUT2D eigenvalue weighted by Crippen LogP contribution is 2.38. The molecule has 3 aromatic rings. The molecule has 146 valence electrons. The van der Waals surface area contributed by atoms with Gasteiger partial charge in [-0.3, -0.25) is 4.98 Å². The maximum atomic E-state index is 13.9. The number of pyridine rings is 1. The molecule has 1 aromatic carbocycles. The molecule has 1 aliphatic rings. The minimum Gasteiger partial charge on any atom is -0.351 e. The molecule has 0 radical (unpaired) electrons. The molecular weight excluding hydrogens is 372 g/mol. The highest BCUT2D eigenvalue weighted by Gasteiger charge is 2.38. The molecule has 4 nitrogen and oxygen atoms in total. The quantitative estimate of drug-likeness (QED) is 0.561. The summed E-state index contributed by atoms with van der Waals surface area (Å²) in [5.41, 5.74) is 0.439. The molecule has 0 spiro atoms. The Morgan fingerprint density at radius 3 is 2.57 bits per heavy atom. The van der Waals surface area contributed by atoms with Crippen LogP contribution in [0.2, 0.25) is 0 Å². The first-order valence-electron chi connectivity index (χ1n) is 8.80. The molecule has 28 heavy (non-hydrogen) atoms. The zero-order valence-corrected chi connectivity index (χ0v) is 15.6. The van der Waals surface area contributed by atoms with Crippen molar-refractivity contribution in [3.63, 3.8) is 0 Å². The third-order valence-corrected chi connectivity index (χ3v) is 4.93. The fourth-order valence-electron chi connectivity index (χ4n) is 3.80. The van der Waals surface area contributed by atoms with Crippen molar-refractivity contribution < 1.29 is 17.6 Å². The molecule has 8 heteroatoms. The number of anilines is 1. The number of aromatic nitrogens is 3. The molecular formula is C20H18F4N4. The Labute approximate surface area is 159 Å². The van der Waals surface area contributed by atoms with Gasteiger partial charge >= 0.3 is 6.18 Å². The van der Waals surface area contributed by atoms with Crippen molar-refractivity contribution in [2.45, 2.75) is 38.9 Å². The summed E-state index contributed by atoms with van der Waals surface area (Å²) in [6.45, 7) is 6.28. The number of halogens is 4. The number of alkyl halides is 3. The zero-order valence-electron chi connectivity index (χ0n) is 15.6. The third kappa shape index (κ3) is 3.16. The molecule has 0 atom stereocenters. The number of nitrogens with zero attached hydrogens (tertiary/aromatic N) is 4. The monoisotopic (exact) mass is 390 g/mol. The van der Waals surface area contributed by atoms with Crippen LogP contribution in [0.25, 0.3) is 10.9 Å². The molecule has 0 bridgehead atoms. The predicted molar refractivity (Wildman–Crippen MR) is 97.5 cm³/mol. The normalized spacial score (nSPS) is 16.3. The van der Waals surface area contributed by atoms with Gasteiger partial charge in [-0.05, 0) is 36.8 Å². The van der Waals surface area contributed by atoms with E-state index < -0.39 is 23.0 Å². The van der Waals surface area contributed by atoms with Crippen LogP contribution in [0, 0.1) is 12.7 Å². The summed E-state index contributed by atoms with van der Waals surface area (Å²) in [4.78, 5) is 14.8. The Kier molecular flexibility index (Phi) is 4.06. The minimum atomic E-state index is -4.46. The fourth-order valence-corrected chi connectivity index (χ4v) is 3.80. The van der Waals surface area contributed by atoms with Gasteiger partial charge in [0.1, 0.15) is 17.5 Å². The highest BCUT2D eigenvalue weighted by atomic mass is 19.4. The van der Waals surface area contributed by atoms with E-state index in [9.17, 15) is 17.6 Å². The first kappa shape index (κ1) is 18.6. The molecule has 0 N–H and O–H groups in total. The maximum absolute atomic E-state index is 13.9. The summed E-state index contributed by atoms with van der Waals surface area (Å²) in [5.74, 6) is 0.608. The van der Waals surface area contributed by atoms with Crippen LogP contribution in [0.15, 0.2) is 30.5 Å². The summed E-state index contributed by atoms with van der Waals surface area (Å²) in [6.07, 6.45) is -3.58. The average Bonchev–Trinajstić information content (AvgIpc) is 2.59. The average molecular weight is 390 g/mol. The van der Waals surface area contributed by atoms with Crippen LogP contribution in [-0.4, -0.2) is 21.5 Å². The van der Waals surface area contributed by atoms with Crippen molar-refractivity contribution in [2.75, 3.05) is 11.4 Å². The number of hydrogen-bond donors (Lipinski definition) is 0. The SMILES string of the molecule is Cc1nc(N2Cc3cc(C(F)(F)F)cnc3C(C)(C)C2)c2cc(F)ccc2n1. The van der Waals surface area contributed by atoms with E-state index in [0.29, 0.717) is 40.3 Å². The molecule has 0 fully saturated rings. The van der Waals surface area contributed by atoms with E-state index in [1.165, 1.54) is 12.1 Å². The molecule has 3 heterocycles. The van der Waals surface area contributed by atoms with Gasteiger partial charge in [0, 0.05) is 30.1 Å².